The standard InChI is InChI=1S/C14H17/c1-2-4-6-8-10-12-14-13-11-9-7-5-3-1/h1-7,10-13H,8-9,14H2/b2-1-,5-3+,6-4+,12-10+,13-11+. The van der Waals surface area contributed by atoms with E-state index in [1.807, 2.05) is 6.08 Å². The Morgan fingerprint density at radius 3 is 1.86 bits per heavy atom. The van der Waals surface area contributed by atoms with Gasteiger partial charge in [-0.15, -0.1) is 0 Å². The molecule has 0 N–H and O–H groups in total. The molecule has 73 valence electrons. The largest absolute Gasteiger partial charge is 0.0876 e. The van der Waals surface area contributed by atoms with Gasteiger partial charge in [0.1, 0.15) is 0 Å². The van der Waals surface area contributed by atoms with Gasteiger partial charge in [-0.1, -0.05) is 60.8 Å². The third kappa shape index (κ3) is 6.24. The maximum atomic E-state index is 2.20. The molecule has 0 aromatic carbocycles. The molecule has 0 aliphatic heterocycles. The van der Waals surface area contributed by atoms with E-state index in [-0.39, 0.29) is 0 Å². The first-order valence-corrected chi connectivity index (χ1v) is 5.12. The van der Waals surface area contributed by atoms with E-state index in [0.29, 0.717) is 0 Å². The molecular weight excluding hydrogens is 168 g/mol. The zero-order valence-electron chi connectivity index (χ0n) is 8.47. The van der Waals surface area contributed by atoms with E-state index in [1.54, 1.807) is 0 Å². The highest BCUT2D eigenvalue weighted by Gasteiger charge is 1.77. The van der Waals surface area contributed by atoms with Crippen molar-refractivity contribution >= 4 is 0 Å². The summed E-state index contributed by atoms with van der Waals surface area (Å²) < 4.78 is 0. The summed E-state index contributed by atoms with van der Waals surface area (Å²) in [6, 6.07) is 0. The van der Waals surface area contributed by atoms with Crippen LogP contribution >= 0.6 is 0 Å². The second kappa shape index (κ2) is 8.31. The van der Waals surface area contributed by atoms with E-state index in [0.717, 1.165) is 19.3 Å². The first-order chi connectivity index (χ1) is 7.00. The Balaban J connectivity index is 2.45. The molecule has 0 saturated carbocycles. The van der Waals surface area contributed by atoms with Crippen molar-refractivity contribution in [1.82, 2.24) is 0 Å². The third-order valence-corrected chi connectivity index (χ3v) is 1.87. The van der Waals surface area contributed by atoms with Crippen molar-refractivity contribution in [3.63, 3.8) is 0 Å². The molecule has 0 bridgehead atoms. The van der Waals surface area contributed by atoms with Gasteiger partial charge in [0.25, 0.3) is 0 Å². The highest BCUT2D eigenvalue weighted by molar-refractivity contribution is 5.15. The zero-order chi connectivity index (χ0) is 9.90. The van der Waals surface area contributed by atoms with Gasteiger partial charge in [-0.3, -0.25) is 0 Å². The smallest absolute Gasteiger partial charge is 0.0130 e. The van der Waals surface area contributed by atoms with Crippen LogP contribution in [0.15, 0.2) is 60.8 Å². The number of hydrogen-bond acceptors (Lipinski definition) is 0. The predicted molar refractivity (Wildman–Crippen MR) is 63.9 cm³/mol. The molecule has 0 amide bonds. The maximum Gasteiger partial charge on any atom is -0.0130 e. The molecule has 0 nitrogen and oxygen atoms in total. The van der Waals surface area contributed by atoms with Crippen LogP contribution in [0.25, 0.3) is 0 Å². The molecule has 14 heavy (non-hydrogen) atoms. The Morgan fingerprint density at radius 1 is 0.429 bits per heavy atom. The molecule has 0 heterocycles. The fourth-order valence-electron chi connectivity index (χ4n) is 1.13. The first-order valence-electron chi connectivity index (χ1n) is 5.12. The normalized spacial score (nSPS) is 29.7. The lowest BCUT2D eigenvalue weighted by Gasteiger charge is -1.87. The summed E-state index contributed by atoms with van der Waals surface area (Å²) in [5, 5.41) is 0. The van der Waals surface area contributed by atoms with Crippen LogP contribution in [0.4, 0.5) is 0 Å². The minimum Gasteiger partial charge on any atom is -0.0876 e. The molecule has 0 saturated heterocycles. The van der Waals surface area contributed by atoms with Gasteiger partial charge in [0, 0.05) is 0 Å². The van der Waals surface area contributed by atoms with E-state index in [4.69, 9.17) is 0 Å². The quantitative estimate of drug-likeness (QED) is 0.497. The van der Waals surface area contributed by atoms with Gasteiger partial charge in [-0.2, -0.15) is 0 Å². The highest BCUT2D eigenvalue weighted by atomic mass is 13.8. The maximum absolute atomic E-state index is 2.20. The molecule has 0 fully saturated rings. The Bertz CT molecular complexity index is 262. The fourth-order valence-corrected chi connectivity index (χ4v) is 1.13. The van der Waals surface area contributed by atoms with Gasteiger partial charge < -0.3 is 0 Å². The lowest BCUT2D eigenvalue weighted by molar-refractivity contribution is 1.24. The summed E-state index contributed by atoms with van der Waals surface area (Å²) in [5.41, 5.74) is 0. The van der Waals surface area contributed by atoms with Gasteiger partial charge in [0.05, 0.1) is 0 Å². The van der Waals surface area contributed by atoms with E-state index in [2.05, 4.69) is 61.1 Å². The zero-order valence-corrected chi connectivity index (χ0v) is 8.47. The molecular formula is C14H17. The summed E-state index contributed by atoms with van der Waals surface area (Å²) >= 11 is 0. The average Bonchev–Trinajstić information content (AvgIpc) is 2.22. The van der Waals surface area contributed by atoms with Crippen LogP contribution in [-0.4, -0.2) is 0 Å². The summed E-state index contributed by atoms with van der Waals surface area (Å²) in [4.78, 5) is 0. The van der Waals surface area contributed by atoms with Crippen molar-refractivity contribution in [3.8, 4) is 0 Å². The van der Waals surface area contributed by atoms with E-state index in [1.165, 1.54) is 0 Å². The van der Waals surface area contributed by atoms with Gasteiger partial charge in [0.2, 0.25) is 0 Å². The van der Waals surface area contributed by atoms with Crippen LogP contribution in [0.5, 0.6) is 0 Å². The topological polar surface area (TPSA) is 0 Å². The second-order valence-corrected chi connectivity index (χ2v) is 3.08. The van der Waals surface area contributed by atoms with Gasteiger partial charge in [0.15, 0.2) is 0 Å². The predicted octanol–water partition coefficient (Wildman–Crippen LogP) is 4.16. The van der Waals surface area contributed by atoms with Crippen LogP contribution in [0.1, 0.15) is 19.3 Å². The number of rotatable bonds is 0. The van der Waals surface area contributed by atoms with Gasteiger partial charge in [-0.05, 0) is 25.7 Å². The summed E-state index contributed by atoms with van der Waals surface area (Å²) in [6.07, 6.45) is 26.5. The van der Waals surface area contributed by atoms with E-state index < -0.39 is 0 Å². The number of allylic oxidation sites excluding steroid dienone is 10. The average molecular weight is 185 g/mol. The molecule has 0 atom stereocenters. The first kappa shape index (κ1) is 10.8. The Labute approximate surface area is 87.0 Å². The van der Waals surface area contributed by atoms with Crippen molar-refractivity contribution in [2.75, 3.05) is 0 Å². The summed E-state index contributed by atoms with van der Waals surface area (Å²) in [5.74, 6) is 0. The van der Waals surface area contributed by atoms with Crippen LogP contribution in [0, 0.1) is 6.42 Å². The molecule has 1 aliphatic rings. The molecule has 0 spiro atoms. The lowest BCUT2D eigenvalue weighted by Crippen LogP contribution is -1.67. The second-order valence-electron chi connectivity index (χ2n) is 3.08. The Kier molecular flexibility index (Phi) is 6.39. The van der Waals surface area contributed by atoms with Crippen molar-refractivity contribution in [2.45, 2.75) is 19.3 Å². The summed E-state index contributed by atoms with van der Waals surface area (Å²) in [6.45, 7) is 0. The van der Waals surface area contributed by atoms with Crippen LogP contribution in [-0.2, 0) is 0 Å². The molecule has 0 unspecified atom stereocenters. The Hall–Kier alpha value is -1.30. The van der Waals surface area contributed by atoms with Gasteiger partial charge >= 0.3 is 0 Å². The number of hydrogen-bond donors (Lipinski definition) is 0. The van der Waals surface area contributed by atoms with Crippen molar-refractivity contribution < 1.29 is 0 Å². The SMILES string of the molecule is [CH]1/C=C/C=C\C=C\C/C=C/C/C=C/C1. The Morgan fingerprint density at radius 2 is 1.00 bits per heavy atom. The minimum atomic E-state index is 1.02. The van der Waals surface area contributed by atoms with E-state index >= 15 is 0 Å². The minimum absolute atomic E-state index is 1.02. The molecule has 1 aliphatic carbocycles. The molecule has 0 heteroatoms. The van der Waals surface area contributed by atoms with Gasteiger partial charge in [-0.25, -0.2) is 0 Å². The highest BCUT2D eigenvalue weighted by Crippen LogP contribution is 1.97. The van der Waals surface area contributed by atoms with Crippen LogP contribution in [0.3, 0.4) is 0 Å². The van der Waals surface area contributed by atoms with Crippen molar-refractivity contribution in [2.24, 2.45) is 0 Å². The lowest BCUT2D eigenvalue weighted by atomic mass is 10.2. The molecule has 0 aromatic heterocycles. The van der Waals surface area contributed by atoms with Crippen LogP contribution < -0.4 is 0 Å². The van der Waals surface area contributed by atoms with Crippen LogP contribution in [0.2, 0.25) is 0 Å². The summed E-state index contributed by atoms with van der Waals surface area (Å²) in [7, 11) is 0. The molecule has 1 radical (unpaired) electrons. The van der Waals surface area contributed by atoms with Crippen molar-refractivity contribution in [1.29, 1.82) is 0 Å². The third-order valence-electron chi connectivity index (χ3n) is 1.87. The monoisotopic (exact) mass is 185 g/mol. The molecule has 1 rings (SSSR count). The van der Waals surface area contributed by atoms with Crippen molar-refractivity contribution in [3.05, 3.63) is 67.2 Å². The van der Waals surface area contributed by atoms with E-state index in [9.17, 15) is 0 Å². The fraction of sp³-hybridized carbons (Fsp3) is 0.214. The molecule has 0 aromatic rings.